The van der Waals surface area contributed by atoms with Crippen LogP contribution in [0.25, 0.3) is 0 Å². The zero-order valence-electron chi connectivity index (χ0n) is 10.1. The molecule has 0 bridgehead atoms. The van der Waals surface area contributed by atoms with Gasteiger partial charge in [-0.3, -0.25) is 14.9 Å². The SMILES string of the molecule is Cc1cc(NC(=O)C(=O)NCC2CCCO2)no1. The molecule has 0 saturated carbocycles. The van der Waals surface area contributed by atoms with E-state index in [1.807, 2.05) is 0 Å². The molecule has 0 aromatic carbocycles. The highest BCUT2D eigenvalue weighted by atomic mass is 16.5. The van der Waals surface area contributed by atoms with Gasteiger partial charge in [-0.15, -0.1) is 0 Å². The summed E-state index contributed by atoms with van der Waals surface area (Å²) in [5.74, 6) is -0.678. The van der Waals surface area contributed by atoms with E-state index in [1.165, 1.54) is 6.07 Å². The van der Waals surface area contributed by atoms with Gasteiger partial charge >= 0.3 is 11.8 Å². The summed E-state index contributed by atoms with van der Waals surface area (Å²) in [7, 11) is 0. The van der Waals surface area contributed by atoms with Crippen LogP contribution < -0.4 is 10.6 Å². The van der Waals surface area contributed by atoms with E-state index in [0.717, 1.165) is 12.8 Å². The van der Waals surface area contributed by atoms with E-state index < -0.39 is 11.8 Å². The number of nitrogens with zero attached hydrogens (tertiary/aromatic N) is 1. The number of ether oxygens (including phenoxy) is 1. The van der Waals surface area contributed by atoms with E-state index >= 15 is 0 Å². The summed E-state index contributed by atoms with van der Waals surface area (Å²) in [6.45, 7) is 2.76. The van der Waals surface area contributed by atoms with Crippen LogP contribution in [0.1, 0.15) is 18.6 Å². The van der Waals surface area contributed by atoms with Crippen molar-refractivity contribution in [2.45, 2.75) is 25.9 Å². The molecule has 0 spiro atoms. The maximum absolute atomic E-state index is 11.5. The fourth-order valence-electron chi connectivity index (χ4n) is 1.69. The lowest BCUT2D eigenvalue weighted by molar-refractivity contribution is -0.136. The molecule has 98 valence electrons. The minimum Gasteiger partial charge on any atom is -0.376 e. The number of anilines is 1. The van der Waals surface area contributed by atoms with Gasteiger partial charge in [0.15, 0.2) is 5.82 Å². The number of carbonyl (C=O) groups excluding carboxylic acids is 2. The first-order valence-electron chi connectivity index (χ1n) is 5.79. The van der Waals surface area contributed by atoms with Crippen molar-refractivity contribution < 1.29 is 18.8 Å². The van der Waals surface area contributed by atoms with Gasteiger partial charge in [0.05, 0.1) is 6.10 Å². The lowest BCUT2D eigenvalue weighted by atomic mass is 10.2. The highest BCUT2D eigenvalue weighted by Gasteiger charge is 2.19. The van der Waals surface area contributed by atoms with Crippen molar-refractivity contribution in [2.75, 3.05) is 18.5 Å². The first-order chi connectivity index (χ1) is 8.65. The fraction of sp³-hybridized carbons (Fsp3) is 0.545. The Labute approximate surface area is 104 Å². The highest BCUT2D eigenvalue weighted by Crippen LogP contribution is 2.10. The Morgan fingerprint density at radius 1 is 1.50 bits per heavy atom. The summed E-state index contributed by atoms with van der Waals surface area (Å²) < 4.78 is 10.1. The topological polar surface area (TPSA) is 93.5 Å². The van der Waals surface area contributed by atoms with Gasteiger partial charge < -0.3 is 14.6 Å². The summed E-state index contributed by atoms with van der Waals surface area (Å²) in [5, 5.41) is 8.42. The molecular formula is C11H15N3O4. The number of aryl methyl sites for hydroxylation is 1. The van der Waals surface area contributed by atoms with Crippen LogP contribution in [0.2, 0.25) is 0 Å². The molecule has 1 aromatic rings. The normalized spacial score (nSPS) is 18.6. The van der Waals surface area contributed by atoms with Gasteiger partial charge in [0.1, 0.15) is 5.76 Å². The summed E-state index contributed by atoms with van der Waals surface area (Å²) in [5.41, 5.74) is 0. The molecule has 0 radical (unpaired) electrons. The molecular weight excluding hydrogens is 238 g/mol. The molecule has 7 heteroatoms. The summed E-state index contributed by atoms with van der Waals surface area (Å²) in [6.07, 6.45) is 1.91. The third kappa shape index (κ3) is 3.30. The standard InChI is InChI=1S/C11H15N3O4/c1-7-5-9(14-18-7)13-11(16)10(15)12-6-8-3-2-4-17-8/h5,8H,2-4,6H2,1H3,(H,12,15)(H,13,14,16). The summed E-state index contributed by atoms with van der Waals surface area (Å²) in [6, 6.07) is 1.53. The van der Waals surface area contributed by atoms with Crippen LogP contribution in [0.5, 0.6) is 0 Å². The molecule has 1 aliphatic rings. The molecule has 2 amide bonds. The van der Waals surface area contributed by atoms with Gasteiger partial charge in [0, 0.05) is 19.2 Å². The lowest BCUT2D eigenvalue weighted by Gasteiger charge is -2.09. The van der Waals surface area contributed by atoms with Gasteiger partial charge in [0.2, 0.25) is 0 Å². The molecule has 1 aliphatic heterocycles. The lowest BCUT2D eigenvalue weighted by Crippen LogP contribution is -2.39. The number of aromatic nitrogens is 1. The Bertz CT molecular complexity index is 437. The number of carbonyl (C=O) groups is 2. The van der Waals surface area contributed by atoms with E-state index in [9.17, 15) is 9.59 Å². The smallest absolute Gasteiger partial charge is 0.314 e. The minimum atomic E-state index is -0.763. The third-order valence-electron chi connectivity index (χ3n) is 2.59. The maximum Gasteiger partial charge on any atom is 0.314 e. The second-order valence-electron chi connectivity index (χ2n) is 4.12. The first kappa shape index (κ1) is 12.6. The molecule has 1 saturated heterocycles. The van der Waals surface area contributed by atoms with Crippen LogP contribution in [0.4, 0.5) is 5.82 Å². The Kier molecular flexibility index (Phi) is 3.93. The zero-order valence-corrected chi connectivity index (χ0v) is 10.1. The van der Waals surface area contributed by atoms with Gasteiger partial charge in [-0.05, 0) is 19.8 Å². The Balaban J connectivity index is 1.76. The van der Waals surface area contributed by atoms with E-state index in [0.29, 0.717) is 18.9 Å². The van der Waals surface area contributed by atoms with Crippen molar-refractivity contribution in [3.8, 4) is 0 Å². The van der Waals surface area contributed by atoms with Crippen molar-refractivity contribution in [3.63, 3.8) is 0 Å². The van der Waals surface area contributed by atoms with Gasteiger partial charge in [-0.1, -0.05) is 5.16 Å². The van der Waals surface area contributed by atoms with E-state index in [1.54, 1.807) is 6.92 Å². The fourth-order valence-corrected chi connectivity index (χ4v) is 1.69. The third-order valence-corrected chi connectivity index (χ3v) is 2.59. The first-order valence-corrected chi connectivity index (χ1v) is 5.79. The molecule has 1 fully saturated rings. The zero-order chi connectivity index (χ0) is 13.0. The largest absolute Gasteiger partial charge is 0.376 e. The molecule has 2 heterocycles. The van der Waals surface area contributed by atoms with Gasteiger partial charge in [0.25, 0.3) is 0 Å². The number of hydrogen-bond donors (Lipinski definition) is 2. The molecule has 7 nitrogen and oxygen atoms in total. The van der Waals surface area contributed by atoms with Crippen LogP contribution in [0, 0.1) is 6.92 Å². The second-order valence-corrected chi connectivity index (χ2v) is 4.12. The van der Waals surface area contributed by atoms with Crippen LogP contribution in [0.15, 0.2) is 10.6 Å². The van der Waals surface area contributed by atoms with E-state index in [4.69, 9.17) is 9.26 Å². The average molecular weight is 253 g/mol. The monoisotopic (exact) mass is 253 g/mol. The van der Waals surface area contributed by atoms with Crippen LogP contribution in [-0.4, -0.2) is 36.2 Å². The van der Waals surface area contributed by atoms with Gasteiger partial charge in [-0.25, -0.2) is 0 Å². The number of hydrogen-bond acceptors (Lipinski definition) is 5. The Morgan fingerprint density at radius 3 is 2.94 bits per heavy atom. The predicted molar refractivity (Wildman–Crippen MR) is 61.9 cm³/mol. The van der Waals surface area contributed by atoms with E-state index in [-0.39, 0.29) is 11.9 Å². The van der Waals surface area contributed by atoms with Crippen molar-refractivity contribution in [3.05, 3.63) is 11.8 Å². The van der Waals surface area contributed by atoms with Crippen molar-refractivity contribution in [2.24, 2.45) is 0 Å². The second kappa shape index (κ2) is 5.63. The predicted octanol–water partition coefficient (Wildman–Crippen LogP) is 0.217. The number of amides is 2. The molecule has 2 N–H and O–H groups in total. The molecule has 1 aromatic heterocycles. The number of nitrogens with one attached hydrogen (secondary N) is 2. The minimum absolute atomic E-state index is 0.0102. The number of rotatable bonds is 3. The summed E-state index contributed by atoms with van der Waals surface area (Å²) in [4.78, 5) is 23.0. The Hall–Kier alpha value is -1.89. The molecule has 18 heavy (non-hydrogen) atoms. The van der Waals surface area contributed by atoms with Crippen molar-refractivity contribution >= 4 is 17.6 Å². The summed E-state index contributed by atoms with van der Waals surface area (Å²) >= 11 is 0. The van der Waals surface area contributed by atoms with Crippen LogP contribution in [0.3, 0.4) is 0 Å². The van der Waals surface area contributed by atoms with Crippen molar-refractivity contribution in [1.82, 2.24) is 10.5 Å². The van der Waals surface area contributed by atoms with Crippen LogP contribution in [-0.2, 0) is 14.3 Å². The Morgan fingerprint density at radius 2 is 2.33 bits per heavy atom. The molecule has 0 aliphatic carbocycles. The van der Waals surface area contributed by atoms with Crippen molar-refractivity contribution in [1.29, 1.82) is 0 Å². The highest BCUT2D eigenvalue weighted by molar-refractivity contribution is 6.39. The average Bonchev–Trinajstić information content (AvgIpc) is 2.97. The molecule has 1 atom stereocenters. The maximum atomic E-state index is 11.5. The quantitative estimate of drug-likeness (QED) is 0.751. The molecule has 1 unspecified atom stereocenters. The van der Waals surface area contributed by atoms with Gasteiger partial charge in [-0.2, -0.15) is 0 Å². The molecule has 2 rings (SSSR count). The van der Waals surface area contributed by atoms with E-state index in [2.05, 4.69) is 15.8 Å². The van der Waals surface area contributed by atoms with Crippen LogP contribution >= 0.6 is 0 Å².